The minimum absolute atomic E-state index is 0.760. The Kier molecular flexibility index (Phi) is 1.56. The maximum atomic E-state index is 2.50. The Labute approximate surface area is 70.4 Å². The van der Waals surface area contributed by atoms with Crippen molar-refractivity contribution in [3.8, 4) is 0 Å². The van der Waals surface area contributed by atoms with E-state index in [1.165, 1.54) is 25.7 Å². The van der Waals surface area contributed by atoms with Crippen molar-refractivity contribution in [2.75, 3.05) is 0 Å². The van der Waals surface area contributed by atoms with Crippen molar-refractivity contribution in [3.63, 3.8) is 0 Å². The van der Waals surface area contributed by atoms with Gasteiger partial charge in [0.05, 0.1) is 0 Å². The zero-order valence-electron chi connectivity index (χ0n) is 8.06. The van der Waals surface area contributed by atoms with Gasteiger partial charge in [-0.1, -0.05) is 33.6 Å². The van der Waals surface area contributed by atoms with E-state index < -0.39 is 0 Å². The van der Waals surface area contributed by atoms with Crippen molar-refractivity contribution >= 4 is 0 Å². The summed E-state index contributed by atoms with van der Waals surface area (Å²) in [6, 6.07) is 0. The second-order valence-corrected chi connectivity index (χ2v) is 5.13. The highest BCUT2D eigenvalue weighted by atomic mass is 14.6. The lowest BCUT2D eigenvalue weighted by Crippen LogP contribution is -2.16. The largest absolute Gasteiger partial charge is 0.0622 e. The molecular formula is C11H20. The molecule has 0 heterocycles. The predicted molar refractivity (Wildman–Crippen MR) is 48.4 cm³/mol. The van der Waals surface area contributed by atoms with Crippen molar-refractivity contribution in [2.45, 2.75) is 46.5 Å². The Morgan fingerprint density at radius 1 is 1.18 bits per heavy atom. The van der Waals surface area contributed by atoms with Crippen LogP contribution >= 0.6 is 0 Å². The van der Waals surface area contributed by atoms with Gasteiger partial charge in [0.15, 0.2) is 0 Å². The van der Waals surface area contributed by atoms with Crippen LogP contribution in [0.4, 0.5) is 0 Å². The molecule has 0 aromatic carbocycles. The number of hydrogen-bond acceptors (Lipinski definition) is 0. The maximum absolute atomic E-state index is 2.50. The molecule has 0 amide bonds. The number of rotatable bonds is 1. The van der Waals surface area contributed by atoms with E-state index in [1.807, 2.05) is 0 Å². The number of hydrogen-bond donors (Lipinski definition) is 0. The molecule has 0 N–H and O–H groups in total. The highest BCUT2D eigenvalue weighted by Crippen LogP contribution is 2.62. The molecule has 2 saturated carbocycles. The normalized spacial score (nSPS) is 56.5. The van der Waals surface area contributed by atoms with Crippen LogP contribution in [0.15, 0.2) is 0 Å². The molecule has 2 rings (SSSR count). The van der Waals surface area contributed by atoms with Crippen molar-refractivity contribution < 1.29 is 0 Å². The van der Waals surface area contributed by atoms with Crippen molar-refractivity contribution in [1.82, 2.24) is 0 Å². The third kappa shape index (κ3) is 1.02. The predicted octanol–water partition coefficient (Wildman–Crippen LogP) is 3.47. The zero-order valence-corrected chi connectivity index (χ0v) is 8.06. The highest BCUT2D eigenvalue weighted by Gasteiger charge is 2.54. The molecule has 0 heteroatoms. The van der Waals surface area contributed by atoms with Gasteiger partial charge in [-0.3, -0.25) is 0 Å². The second kappa shape index (κ2) is 2.24. The van der Waals surface area contributed by atoms with Gasteiger partial charge in [0.2, 0.25) is 0 Å². The SMILES string of the molecule is CC1CCCC1C1(C)CC1C. The first-order valence-electron chi connectivity index (χ1n) is 5.14. The molecule has 0 aromatic rings. The summed E-state index contributed by atoms with van der Waals surface area (Å²) in [4.78, 5) is 0. The molecule has 4 unspecified atom stereocenters. The Morgan fingerprint density at radius 2 is 1.82 bits per heavy atom. The van der Waals surface area contributed by atoms with E-state index in [4.69, 9.17) is 0 Å². The van der Waals surface area contributed by atoms with Crippen LogP contribution in [-0.2, 0) is 0 Å². The van der Waals surface area contributed by atoms with Gasteiger partial charge >= 0.3 is 0 Å². The summed E-state index contributed by atoms with van der Waals surface area (Å²) in [5.41, 5.74) is 0.760. The van der Waals surface area contributed by atoms with Gasteiger partial charge in [-0.25, -0.2) is 0 Å². The molecule has 0 spiro atoms. The van der Waals surface area contributed by atoms with Gasteiger partial charge in [-0.15, -0.1) is 0 Å². The fourth-order valence-electron chi connectivity index (χ4n) is 3.24. The lowest BCUT2D eigenvalue weighted by atomic mass is 9.82. The van der Waals surface area contributed by atoms with Gasteiger partial charge in [-0.05, 0) is 36.0 Å². The summed E-state index contributed by atoms with van der Waals surface area (Å²) in [6.45, 7) is 7.38. The van der Waals surface area contributed by atoms with Gasteiger partial charge < -0.3 is 0 Å². The molecular weight excluding hydrogens is 132 g/mol. The monoisotopic (exact) mass is 152 g/mol. The second-order valence-electron chi connectivity index (χ2n) is 5.13. The third-order valence-electron chi connectivity index (χ3n) is 4.42. The molecule has 0 aromatic heterocycles. The molecule has 64 valence electrons. The Bertz CT molecular complexity index is 161. The smallest absolute Gasteiger partial charge is 0.0266 e. The minimum atomic E-state index is 0.760. The van der Waals surface area contributed by atoms with E-state index in [9.17, 15) is 0 Å². The third-order valence-corrected chi connectivity index (χ3v) is 4.42. The fraction of sp³-hybridized carbons (Fsp3) is 1.00. The van der Waals surface area contributed by atoms with Gasteiger partial charge in [0, 0.05) is 0 Å². The summed E-state index contributed by atoms with van der Waals surface area (Å²) >= 11 is 0. The van der Waals surface area contributed by atoms with E-state index in [-0.39, 0.29) is 0 Å². The molecule has 11 heavy (non-hydrogen) atoms. The molecule has 2 fully saturated rings. The van der Waals surface area contributed by atoms with Crippen LogP contribution in [0.5, 0.6) is 0 Å². The standard InChI is InChI=1S/C11H20/c1-8-5-4-6-10(8)11(3)7-9(11)2/h8-10H,4-7H2,1-3H3. The van der Waals surface area contributed by atoms with E-state index in [1.54, 1.807) is 0 Å². The highest BCUT2D eigenvalue weighted by molar-refractivity contribution is 5.03. The van der Waals surface area contributed by atoms with E-state index in [0.29, 0.717) is 0 Å². The lowest BCUT2D eigenvalue weighted by Gasteiger charge is -2.23. The van der Waals surface area contributed by atoms with Crippen molar-refractivity contribution in [1.29, 1.82) is 0 Å². The Morgan fingerprint density at radius 3 is 2.18 bits per heavy atom. The average molecular weight is 152 g/mol. The quantitative estimate of drug-likeness (QED) is 0.539. The fourth-order valence-corrected chi connectivity index (χ4v) is 3.24. The molecule has 0 bridgehead atoms. The topological polar surface area (TPSA) is 0 Å². The van der Waals surface area contributed by atoms with E-state index >= 15 is 0 Å². The van der Waals surface area contributed by atoms with Gasteiger partial charge in [0.25, 0.3) is 0 Å². The van der Waals surface area contributed by atoms with E-state index in [0.717, 1.165) is 23.2 Å². The first-order valence-corrected chi connectivity index (χ1v) is 5.14. The van der Waals surface area contributed by atoms with Crippen LogP contribution < -0.4 is 0 Å². The summed E-state index contributed by atoms with van der Waals surface area (Å²) in [7, 11) is 0. The van der Waals surface area contributed by atoms with E-state index in [2.05, 4.69) is 20.8 Å². The van der Waals surface area contributed by atoms with Crippen LogP contribution in [-0.4, -0.2) is 0 Å². The van der Waals surface area contributed by atoms with Crippen LogP contribution in [0, 0.1) is 23.2 Å². The van der Waals surface area contributed by atoms with Crippen molar-refractivity contribution in [2.24, 2.45) is 23.2 Å². The Balaban J connectivity index is 2.05. The van der Waals surface area contributed by atoms with Crippen LogP contribution in [0.1, 0.15) is 46.5 Å². The molecule has 0 nitrogen and oxygen atoms in total. The summed E-state index contributed by atoms with van der Waals surface area (Å²) in [5.74, 6) is 3.11. The van der Waals surface area contributed by atoms with Crippen molar-refractivity contribution in [3.05, 3.63) is 0 Å². The summed E-state index contributed by atoms with van der Waals surface area (Å²) in [5, 5.41) is 0. The Hall–Kier alpha value is 0. The molecule has 2 aliphatic rings. The summed E-state index contributed by atoms with van der Waals surface area (Å²) < 4.78 is 0. The van der Waals surface area contributed by atoms with Gasteiger partial charge in [0.1, 0.15) is 0 Å². The average Bonchev–Trinajstić information content (AvgIpc) is 2.43. The van der Waals surface area contributed by atoms with Crippen LogP contribution in [0.2, 0.25) is 0 Å². The molecule has 0 radical (unpaired) electrons. The van der Waals surface area contributed by atoms with Crippen LogP contribution in [0.3, 0.4) is 0 Å². The maximum Gasteiger partial charge on any atom is -0.0266 e. The minimum Gasteiger partial charge on any atom is -0.0622 e. The molecule has 0 saturated heterocycles. The zero-order chi connectivity index (χ0) is 8.06. The van der Waals surface area contributed by atoms with Gasteiger partial charge in [-0.2, -0.15) is 0 Å². The first-order chi connectivity index (χ1) is 5.14. The molecule has 2 aliphatic carbocycles. The lowest BCUT2D eigenvalue weighted by molar-refractivity contribution is 0.255. The van der Waals surface area contributed by atoms with Crippen LogP contribution in [0.25, 0.3) is 0 Å². The first kappa shape index (κ1) is 7.64. The molecule has 0 aliphatic heterocycles. The summed E-state index contributed by atoms with van der Waals surface area (Å²) in [6.07, 6.45) is 6.01. The molecule has 4 atom stereocenters.